The van der Waals surface area contributed by atoms with E-state index in [0.717, 1.165) is 17.7 Å². The number of nitrogens with one attached hydrogen (secondary N) is 1. The van der Waals surface area contributed by atoms with Crippen LogP contribution in [0.15, 0.2) is 48.2 Å². The topological polar surface area (TPSA) is 37.8 Å². The molecule has 0 fully saturated rings. The third-order valence-corrected chi connectivity index (χ3v) is 3.37. The Labute approximate surface area is 103 Å². The summed E-state index contributed by atoms with van der Waals surface area (Å²) in [5.74, 6) is 0. The van der Waals surface area contributed by atoms with Crippen LogP contribution < -0.4 is 5.32 Å². The predicted molar refractivity (Wildman–Crippen MR) is 71.2 cm³/mol. The number of thiazole rings is 1. The van der Waals surface area contributed by atoms with Gasteiger partial charge in [0.2, 0.25) is 0 Å². The van der Waals surface area contributed by atoms with Gasteiger partial charge in [-0.05, 0) is 35.9 Å². The number of pyridine rings is 1. The van der Waals surface area contributed by atoms with Crippen LogP contribution in [0.3, 0.4) is 0 Å². The normalized spacial score (nSPS) is 10.6. The molecule has 0 atom stereocenters. The molecule has 1 N–H and O–H groups in total. The minimum atomic E-state index is 0.812. The van der Waals surface area contributed by atoms with Crippen LogP contribution in [0.2, 0.25) is 0 Å². The van der Waals surface area contributed by atoms with Crippen LogP contribution in [0.1, 0.15) is 5.56 Å². The molecular weight excluding hydrogens is 230 g/mol. The van der Waals surface area contributed by atoms with Gasteiger partial charge in [0.1, 0.15) is 0 Å². The lowest BCUT2D eigenvalue weighted by Gasteiger charge is -2.05. The van der Waals surface area contributed by atoms with Gasteiger partial charge in [0.25, 0.3) is 0 Å². The summed E-state index contributed by atoms with van der Waals surface area (Å²) >= 11 is 1.66. The number of hydrogen-bond donors (Lipinski definition) is 1. The maximum atomic E-state index is 4.26. The quantitative estimate of drug-likeness (QED) is 0.764. The van der Waals surface area contributed by atoms with Crippen molar-refractivity contribution in [3.63, 3.8) is 0 Å². The SMILES string of the molecule is c1cc(CNc2ccc3ncsc3c2)ccn1. The van der Waals surface area contributed by atoms with Gasteiger partial charge >= 0.3 is 0 Å². The minimum absolute atomic E-state index is 0.812. The van der Waals surface area contributed by atoms with Crippen molar-refractivity contribution in [3.8, 4) is 0 Å². The molecule has 0 saturated carbocycles. The number of aromatic nitrogens is 2. The van der Waals surface area contributed by atoms with E-state index in [2.05, 4.69) is 27.4 Å². The van der Waals surface area contributed by atoms with Crippen molar-refractivity contribution in [2.45, 2.75) is 6.54 Å². The van der Waals surface area contributed by atoms with E-state index in [1.54, 1.807) is 11.3 Å². The predicted octanol–water partition coefficient (Wildman–Crippen LogP) is 3.30. The molecule has 3 nitrogen and oxygen atoms in total. The van der Waals surface area contributed by atoms with Crippen LogP contribution in [0.25, 0.3) is 10.2 Å². The van der Waals surface area contributed by atoms with E-state index >= 15 is 0 Å². The second-order valence-electron chi connectivity index (χ2n) is 3.74. The average molecular weight is 241 g/mol. The van der Waals surface area contributed by atoms with Crippen LogP contribution in [-0.2, 0) is 6.54 Å². The molecule has 4 heteroatoms. The first-order chi connectivity index (χ1) is 8.42. The maximum absolute atomic E-state index is 4.26. The lowest BCUT2D eigenvalue weighted by molar-refractivity contribution is 1.13. The smallest absolute Gasteiger partial charge is 0.0813 e. The molecule has 0 aliphatic carbocycles. The Morgan fingerprint density at radius 3 is 2.88 bits per heavy atom. The van der Waals surface area contributed by atoms with Crippen molar-refractivity contribution in [1.82, 2.24) is 9.97 Å². The van der Waals surface area contributed by atoms with Crippen LogP contribution >= 0.6 is 11.3 Å². The van der Waals surface area contributed by atoms with Gasteiger partial charge in [-0.25, -0.2) is 4.98 Å². The molecule has 2 heterocycles. The molecule has 0 spiro atoms. The average Bonchev–Trinajstić information content (AvgIpc) is 2.85. The van der Waals surface area contributed by atoms with E-state index in [1.807, 2.05) is 36.1 Å². The molecule has 3 rings (SSSR count). The summed E-state index contributed by atoms with van der Waals surface area (Å²) in [6.07, 6.45) is 3.62. The lowest BCUT2D eigenvalue weighted by Crippen LogP contribution is -1.98. The first-order valence-electron chi connectivity index (χ1n) is 5.38. The highest BCUT2D eigenvalue weighted by molar-refractivity contribution is 7.16. The van der Waals surface area contributed by atoms with Crippen molar-refractivity contribution in [1.29, 1.82) is 0 Å². The van der Waals surface area contributed by atoms with Crippen LogP contribution in [0.5, 0.6) is 0 Å². The van der Waals surface area contributed by atoms with Gasteiger partial charge in [-0.2, -0.15) is 0 Å². The van der Waals surface area contributed by atoms with Gasteiger partial charge in [-0.15, -0.1) is 11.3 Å². The van der Waals surface area contributed by atoms with E-state index in [0.29, 0.717) is 0 Å². The van der Waals surface area contributed by atoms with E-state index in [4.69, 9.17) is 0 Å². The number of hydrogen-bond acceptors (Lipinski definition) is 4. The largest absolute Gasteiger partial charge is 0.381 e. The fourth-order valence-electron chi connectivity index (χ4n) is 1.67. The van der Waals surface area contributed by atoms with E-state index in [9.17, 15) is 0 Å². The minimum Gasteiger partial charge on any atom is -0.381 e. The molecule has 0 aliphatic rings. The van der Waals surface area contributed by atoms with Crippen molar-refractivity contribution in [3.05, 3.63) is 53.8 Å². The summed E-state index contributed by atoms with van der Waals surface area (Å²) in [6.45, 7) is 0.812. The molecule has 0 radical (unpaired) electrons. The molecule has 2 aromatic heterocycles. The van der Waals surface area contributed by atoms with Crippen molar-refractivity contribution in [2.24, 2.45) is 0 Å². The van der Waals surface area contributed by atoms with E-state index in [1.165, 1.54) is 10.3 Å². The first-order valence-corrected chi connectivity index (χ1v) is 6.26. The molecule has 1 aromatic carbocycles. The standard InChI is InChI=1S/C13H11N3S/c1-2-12-13(17-9-16-12)7-11(1)15-8-10-3-5-14-6-4-10/h1-7,9,15H,8H2. The van der Waals surface area contributed by atoms with Gasteiger partial charge in [0, 0.05) is 24.6 Å². The summed E-state index contributed by atoms with van der Waals surface area (Å²) in [6, 6.07) is 10.3. The van der Waals surface area contributed by atoms with Crippen LogP contribution in [-0.4, -0.2) is 9.97 Å². The summed E-state index contributed by atoms with van der Waals surface area (Å²) < 4.78 is 1.21. The molecule has 17 heavy (non-hydrogen) atoms. The monoisotopic (exact) mass is 241 g/mol. The van der Waals surface area contributed by atoms with Gasteiger partial charge < -0.3 is 5.32 Å². The number of benzene rings is 1. The molecule has 0 amide bonds. The second-order valence-corrected chi connectivity index (χ2v) is 4.63. The molecule has 84 valence electrons. The van der Waals surface area contributed by atoms with Crippen molar-refractivity contribution < 1.29 is 0 Å². The Balaban J connectivity index is 1.76. The molecule has 0 aliphatic heterocycles. The Kier molecular flexibility index (Phi) is 2.71. The van der Waals surface area contributed by atoms with Gasteiger partial charge in [-0.3, -0.25) is 4.98 Å². The van der Waals surface area contributed by atoms with Gasteiger partial charge in [0.05, 0.1) is 15.7 Å². The highest BCUT2D eigenvalue weighted by Crippen LogP contribution is 2.22. The van der Waals surface area contributed by atoms with Crippen molar-refractivity contribution in [2.75, 3.05) is 5.32 Å². The zero-order valence-electron chi connectivity index (χ0n) is 9.13. The van der Waals surface area contributed by atoms with Gasteiger partial charge in [0.15, 0.2) is 0 Å². The van der Waals surface area contributed by atoms with E-state index < -0.39 is 0 Å². The first kappa shape index (κ1) is 10.2. The fourth-order valence-corrected chi connectivity index (χ4v) is 2.39. The number of nitrogens with zero attached hydrogens (tertiary/aromatic N) is 2. The maximum Gasteiger partial charge on any atom is 0.0813 e. The highest BCUT2D eigenvalue weighted by atomic mass is 32.1. The molecule has 3 aromatic rings. The summed E-state index contributed by atoms with van der Waals surface area (Å²) in [7, 11) is 0. The fraction of sp³-hybridized carbons (Fsp3) is 0.0769. The van der Waals surface area contributed by atoms with Crippen LogP contribution in [0.4, 0.5) is 5.69 Å². The Morgan fingerprint density at radius 2 is 2.00 bits per heavy atom. The number of fused-ring (bicyclic) bond motifs is 1. The zero-order chi connectivity index (χ0) is 11.5. The molecular formula is C13H11N3S. The Hall–Kier alpha value is -1.94. The van der Waals surface area contributed by atoms with Gasteiger partial charge in [-0.1, -0.05) is 0 Å². The number of anilines is 1. The molecule has 0 bridgehead atoms. The number of rotatable bonds is 3. The summed E-state index contributed by atoms with van der Waals surface area (Å²) in [5, 5.41) is 3.39. The third-order valence-electron chi connectivity index (χ3n) is 2.58. The summed E-state index contributed by atoms with van der Waals surface area (Å²) in [4.78, 5) is 8.26. The Bertz CT molecular complexity index is 619. The third kappa shape index (κ3) is 2.26. The Morgan fingerprint density at radius 1 is 1.12 bits per heavy atom. The molecule has 0 unspecified atom stereocenters. The van der Waals surface area contributed by atoms with E-state index in [-0.39, 0.29) is 0 Å². The lowest BCUT2D eigenvalue weighted by atomic mass is 10.2. The molecule has 0 saturated heterocycles. The second kappa shape index (κ2) is 4.51. The highest BCUT2D eigenvalue weighted by Gasteiger charge is 1.98. The van der Waals surface area contributed by atoms with Crippen LogP contribution in [0, 0.1) is 0 Å². The van der Waals surface area contributed by atoms with Crippen molar-refractivity contribution >= 4 is 27.2 Å². The summed E-state index contributed by atoms with van der Waals surface area (Å²) in [5.41, 5.74) is 5.28. The zero-order valence-corrected chi connectivity index (χ0v) is 9.95.